The van der Waals surface area contributed by atoms with Gasteiger partial charge < -0.3 is 9.80 Å². The number of hydrogen-bond acceptors (Lipinski definition) is 3. The number of alkyl halides is 4. The van der Waals surface area contributed by atoms with Crippen molar-refractivity contribution in [1.82, 2.24) is 4.98 Å². The Hall–Kier alpha value is -1.87. The first-order valence-corrected chi connectivity index (χ1v) is 11.3. The molecule has 0 aliphatic carbocycles. The number of aromatic nitrogens is 1. The molecule has 1 aromatic carbocycles. The standard InChI is InChI=1S/C21H21BrClF4N3O/c1-13-10-14(21(25,26)27)11-19(28-13)29-8-2-4-18(29)20(31)30(9-3-7-22)17-6-5-15(23)12-16(17)24/h5-6,10-12,18H,2-4,7-9H2,1H3/t18-/m0/s1. The molecule has 168 valence electrons. The summed E-state index contributed by atoms with van der Waals surface area (Å²) < 4.78 is 54.4. The van der Waals surface area contributed by atoms with E-state index in [-0.39, 0.29) is 34.7 Å². The Labute approximate surface area is 191 Å². The zero-order valence-electron chi connectivity index (χ0n) is 16.7. The minimum Gasteiger partial charge on any atom is -0.345 e. The van der Waals surface area contributed by atoms with E-state index in [2.05, 4.69) is 20.9 Å². The van der Waals surface area contributed by atoms with Gasteiger partial charge in [-0.25, -0.2) is 9.37 Å². The smallest absolute Gasteiger partial charge is 0.345 e. The largest absolute Gasteiger partial charge is 0.416 e. The average Bonchev–Trinajstić information content (AvgIpc) is 3.18. The van der Waals surface area contributed by atoms with Crippen LogP contribution in [0.4, 0.5) is 29.1 Å². The molecule has 2 heterocycles. The summed E-state index contributed by atoms with van der Waals surface area (Å²) in [6.07, 6.45) is -2.89. The van der Waals surface area contributed by atoms with Gasteiger partial charge in [-0.1, -0.05) is 27.5 Å². The van der Waals surface area contributed by atoms with Crippen LogP contribution in [0.3, 0.4) is 0 Å². The number of halogens is 6. The Kier molecular flexibility index (Phi) is 7.47. The second kappa shape index (κ2) is 9.73. The first-order valence-electron chi connectivity index (χ1n) is 9.76. The van der Waals surface area contributed by atoms with Gasteiger partial charge in [-0.3, -0.25) is 4.79 Å². The Morgan fingerprint density at radius 1 is 1.32 bits per heavy atom. The number of benzene rings is 1. The Balaban J connectivity index is 1.95. The minimum atomic E-state index is -4.52. The molecule has 1 aliphatic heterocycles. The number of amides is 1. The van der Waals surface area contributed by atoms with E-state index < -0.39 is 23.6 Å². The fraction of sp³-hybridized carbons (Fsp3) is 0.429. The van der Waals surface area contributed by atoms with Gasteiger partial charge in [0.15, 0.2) is 0 Å². The Bertz CT molecular complexity index is 957. The van der Waals surface area contributed by atoms with Crippen molar-refractivity contribution in [1.29, 1.82) is 0 Å². The SMILES string of the molecule is Cc1cc(C(F)(F)F)cc(N2CCC[C@H]2C(=O)N(CCCBr)c2ccc(Cl)cc2F)n1. The topological polar surface area (TPSA) is 36.4 Å². The van der Waals surface area contributed by atoms with Gasteiger partial charge >= 0.3 is 6.18 Å². The van der Waals surface area contributed by atoms with Crippen molar-refractivity contribution in [2.24, 2.45) is 0 Å². The summed E-state index contributed by atoms with van der Waals surface area (Å²) in [7, 11) is 0. The maximum Gasteiger partial charge on any atom is 0.416 e. The van der Waals surface area contributed by atoms with E-state index in [1.165, 1.54) is 24.0 Å². The van der Waals surface area contributed by atoms with Crippen LogP contribution >= 0.6 is 27.5 Å². The molecule has 0 spiro atoms. The second-order valence-electron chi connectivity index (χ2n) is 7.33. The molecule has 1 atom stereocenters. The van der Waals surface area contributed by atoms with E-state index in [4.69, 9.17) is 11.6 Å². The zero-order valence-corrected chi connectivity index (χ0v) is 19.1. The van der Waals surface area contributed by atoms with Gasteiger partial charge in [0.1, 0.15) is 17.7 Å². The molecule has 1 aromatic heterocycles. The normalized spacial score (nSPS) is 16.6. The highest BCUT2D eigenvalue weighted by Gasteiger charge is 2.37. The summed E-state index contributed by atoms with van der Waals surface area (Å²) in [6.45, 7) is 2.12. The van der Waals surface area contributed by atoms with Crippen LogP contribution in [0.5, 0.6) is 0 Å². The summed E-state index contributed by atoms with van der Waals surface area (Å²) in [4.78, 5) is 20.6. The summed E-state index contributed by atoms with van der Waals surface area (Å²) in [5, 5.41) is 0.814. The molecule has 1 saturated heterocycles. The van der Waals surface area contributed by atoms with Gasteiger partial charge in [-0.2, -0.15) is 13.2 Å². The lowest BCUT2D eigenvalue weighted by Gasteiger charge is -2.31. The van der Waals surface area contributed by atoms with Crippen molar-refractivity contribution >= 4 is 44.9 Å². The van der Waals surface area contributed by atoms with E-state index in [0.717, 1.165) is 18.2 Å². The van der Waals surface area contributed by atoms with Gasteiger partial charge in [-0.15, -0.1) is 0 Å². The molecule has 0 bridgehead atoms. The lowest BCUT2D eigenvalue weighted by molar-refractivity contribution is -0.137. The van der Waals surface area contributed by atoms with Crippen LogP contribution in [0.2, 0.25) is 5.02 Å². The summed E-state index contributed by atoms with van der Waals surface area (Å²) in [5.74, 6) is -0.912. The van der Waals surface area contributed by atoms with Crippen molar-refractivity contribution in [3.8, 4) is 0 Å². The van der Waals surface area contributed by atoms with E-state index >= 15 is 0 Å². The van der Waals surface area contributed by atoms with Gasteiger partial charge in [-0.05, 0) is 56.5 Å². The number of hydrogen-bond donors (Lipinski definition) is 0. The molecular formula is C21H21BrClF4N3O. The van der Waals surface area contributed by atoms with Crippen LogP contribution < -0.4 is 9.80 Å². The number of aryl methyl sites for hydroxylation is 1. The lowest BCUT2D eigenvalue weighted by atomic mass is 10.1. The van der Waals surface area contributed by atoms with Crippen molar-refractivity contribution in [3.63, 3.8) is 0 Å². The van der Waals surface area contributed by atoms with Crippen LogP contribution in [-0.2, 0) is 11.0 Å². The Morgan fingerprint density at radius 3 is 2.71 bits per heavy atom. The molecular weight excluding hydrogens is 502 g/mol. The maximum absolute atomic E-state index is 14.6. The molecule has 0 unspecified atom stereocenters. The van der Waals surface area contributed by atoms with Crippen molar-refractivity contribution in [2.45, 2.75) is 38.4 Å². The highest BCUT2D eigenvalue weighted by atomic mass is 79.9. The van der Waals surface area contributed by atoms with Gasteiger partial charge in [0.25, 0.3) is 0 Å². The van der Waals surface area contributed by atoms with E-state index in [0.29, 0.717) is 31.1 Å². The third-order valence-electron chi connectivity index (χ3n) is 5.08. The molecule has 0 radical (unpaired) electrons. The number of rotatable bonds is 6. The molecule has 0 N–H and O–H groups in total. The number of anilines is 2. The van der Waals surface area contributed by atoms with E-state index in [1.807, 2.05) is 0 Å². The third kappa shape index (κ3) is 5.49. The van der Waals surface area contributed by atoms with Gasteiger partial charge in [0, 0.05) is 29.1 Å². The number of nitrogens with zero attached hydrogens (tertiary/aromatic N) is 3. The van der Waals surface area contributed by atoms with Crippen LogP contribution in [0.15, 0.2) is 30.3 Å². The van der Waals surface area contributed by atoms with E-state index in [1.54, 1.807) is 4.90 Å². The number of carbonyl (C=O) groups excluding carboxylic acids is 1. The minimum absolute atomic E-state index is 0.0929. The molecule has 1 aliphatic rings. The predicted molar refractivity (Wildman–Crippen MR) is 117 cm³/mol. The van der Waals surface area contributed by atoms with E-state index in [9.17, 15) is 22.4 Å². The molecule has 10 heteroatoms. The molecule has 31 heavy (non-hydrogen) atoms. The van der Waals surface area contributed by atoms with Crippen molar-refractivity contribution in [3.05, 3.63) is 52.4 Å². The molecule has 1 amide bonds. The second-order valence-corrected chi connectivity index (χ2v) is 8.56. The fourth-order valence-corrected chi connectivity index (χ4v) is 4.12. The monoisotopic (exact) mass is 521 g/mol. The molecule has 2 aromatic rings. The average molecular weight is 523 g/mol. The van der Waals surface area contributed by atoms with Crippen LogP contribution in [0.1, 0.15) is 30.5 Å². The Morgan fingerprint density at radius 2 is 2.06 bits per heavy atom. The van der Waals surface area contributed by atoms with Crippen molar-refractivity contribution in [2.75, 3.05) is 28.2 Å². The highest BCUT2D eigenvalue weighted by molar-refractivity contribution is 9.09. The summed E-state index contributed by atoms with van der Waals surface area (Å²) in [6, 6.07) is 5.27. The summed E-state index contributed by atoms with van der Waals surface area (Å²) >= 11 is 9.16. The van der Waals surface area contributed by atoms with Crippen LogP contribution in [0.25, 0.3) is 0 Å². The molecule has 4 nitrogen and oxygen atoms in total. The van der Waals surface area contributed by atoms with Gasteiger partial charge in [0.2, 0.25) is 5.91 Å². The lowest BCUT2D eigenvalue weighted by Crippen LogP contribution is -2.47. The zero-order chi connectivity index (χ0) is 22.8. The van der Waals surface area contributed by atoms with Gasteiger partial charge in [0.05, 0.1) is 11.3 Å². The summed E-state index contributed by atoms with van der Waals surface area (Å²) in [5.41, 5.74) is -0.508. The first kappa shape index (κ1) is 23.8. The maximum atomic E-state index is 14.6. The van der Waals surface area contributed by atoms with Crippen LogP contribution in [0, 0.1) is 12.7 Å². The molecule has 0 saturated carbocycles. The molecule has 1 fully saturated rings. The predicted octanol–water partition coefficient (Wildman–Crippen LogP) is 5.99. The molecule has 3 rings (SSSR count). The highest BCUT2D eigenvalue weighted by Crippen LogP contribution is 2.34. The number of pyridine rings is 1. The third-order valence-corrected chi connectivity index (χ3v) is 5.88. The quantitative estimate of drug-likeness (QED) is 0.345. The fourth-order valence-electron chi connectivity index (χ4n) is 3.71. The number of carbonyl (C=O) groups is 1. The van der Waals surface area contributed by atoms with Crippen molar-refractivity contribution < 1.29 is 22.4 Å². The first-order chi connectivity index (χ1) is 14.6. The van der Waals surface area contributed by atoms with Crippen LogP contribution in [-0.4, -0.2) is 35.4 Å².